The molecule has 0 amide bonds. The fraction of sp³-hybridized carbons (Fsp3) is 0.162. The molecule has 45 heavy (non-hydrogen) atoms. The van der Waals surface area contributed by atoms with Crippen molar-refractivity contribution in [1.82, 2.24) is 9.66 Å². The molecule has 6 aromatic rings. The predicted octanol–water partition coefficient (Wildman–Crippen LogP) is 9.64. The second kappa shape index (κ2) is 13.0. The van der Waals surface area contributed by atoms with Gasteiger partial charge in [0.1, 0.15) is 18.1 Å². The Hall–Kier alpha value is -4.27. The van der Waals surface area contributed by atoms with Gasteiger partial charge in [-0.1, -0.05) is 68.4 Å². The van der Waals surface area contributed by atoms with E-state index in [-0.39, 0.29) is 11.5 Å². The van der Waals surface area contributed by atoms with Crippen molar-refractivity contribution >= 4 is 59.7 Å². The molecule has 6 rings (SSSR count). The van der Waals surface area contributed by atoms with E-state index in [1.165, 1.54) is 10.1 Å². The number of benzene rings is 5. The van der Waals surface area contributed by atoms with Gasteiger partial charge in [-0.15, -0.1) is 0 Å². The lowest BCUT2D eigenvalue weighted by molar-refractivity contribution is 0.303. The summed E-state index contributed by atoms with van der Waals surface area (Å²) in [6, 6.07) is 29.7. The standard InChI is InChI=1S/C37H31Br2N3O3/c1-22(2)29-19-30(23(3)16-34(29)44-4)36-41-33-15-8-7-14-28(33)37(43)42(36)40-20-24-17-31(38)35(32(39)18-24)45-21-26-12-9-11-25-10-5-6-13-27(25)26/h5-20,22H,21H2,1-4H3. The Morgan fingerprint density at radius 3 is 2.33 bits per heavy atom. The molecule has 1 aromatic heterocycles. The molecule has 6 nitrogen and oxygen atoms in total. The molecule has 0 radical (unpaired) electrons. The molecule has 0 bridgehead atoms. The fourth-order valence-corrected chi connectivity index (χ4v) is 6.91. The maximum Gasteiger partial charge on any atom is 0.282 e. The SMILES string of the molecule is COc1cc(C)c(-c2nc3ccccc3c(=O)n2N=Cc2cc(Br)c(OCc3cccc4ccccc34)c(Br)c2)cc1C(C)C. The van der Waals surface area contributed by atoms with E-state index in [2.05, 4.69) is 76.0 Å². The van der Waals surface area contributed by atoms with Crippen molar-refractivity contribution in [3.8, 4) is 22.9 Å². The summed E-state index contributed by atoms with van der Waals surface area (Å²) in [6.45, 7) is 6.62. The second-order valence-corrected chi connectivity index (χ2v) is 12.8. The zero-order valence-corrected chi connectivity index (χ0v) is 28.5. The molecule has 0 aliphatic carbocycles. The predicted molar refractivity (Wildman–Crippen MR) is 190 cm³/mol. The van der Waals surface area contributed by atoms with Gasteiger partial charge in [-0.3, -0.25) is 4.79 Å². The average molecular weight is 725 g/mol. The van der Waals surface area contributed by atoms with Crippen molar-refractivity contribution in [2.75, 3.05) is 7.11 Å². The molecule has 0 fully saturated rings. The maximum absolute atomic E-state index is 13.8. The third kappa shape index (κ3) is 6.17. The van der Waals surface area contributed by atoms with Crippen molar-refractivity contribution in [3.63, 3.8) is 0 Å². The summed E-state index contributed by atoms with van der Waals surface area (Å²) in [5, 5.41) is 7.53. The molecule has 226 valence electrons. The summed E-state index contributed by atoms with van der Waals surface area (Å²) >= 11 is 7.36. The van der Waals surface area contributed by atoms with Gasteiger partial charge in [0.25, 0.3) is 5.56 Å². The molecule has 0 aliphatic rings. The highest BCUT2D eigenvalue weighted by Gasteiger charge is 2.18. The van der Waals surface area contributed by atoms with E-state index < -0.39 is 0 Å². The first-order valence-corrected chi connectivity index (χ1v) is 16.2. The van der Waals surface area contributed by atoms with Crippen molar-refractivity contribution in [1.29, 1.82) is 0 Å². The number of methoxy groups -OCH3 is 1. The molecule has 0 spiro atoms. The van der Waals surface area contributed by atoms with Crippen molar-refractivity contribution < 1.29 is 9.47 Å². The van der Waals surface area contributed by atoms with Crippen molar-refractivity contribution in [2.45, 2.75) is 33.3 Å². The van der Waals surface area contributed by atoms with Crippen LogP contribution in [0.4, 0.5) is 0 Å². The van der Waals surface area contributed by atoms with Crippen LogP contribution in [0.3, 0.4) is 0 Å². The summed E-state index contributed by atoms with van der Waals surface area (Å²) in [5.74, 6) is 2.16. The van der Waals surface area contributed by atoms with Gasteiger partial charge in [0.05, 0.1) is 33.2 Å². The van der Waals surface area contributed by atoms with E-state index in [1.807, 2.05) is 61.5 Å². The van der Waals surface area contributed by atoms with Crippen LogP contribution in [0.25, 0.3) is 33.1 Å². The minimum absolute atomic E-state index is 0.208. The molecular weight excluding hydrogens is 694 g/mol. The molecular formula is C37H31Br2N3O3. The number of hydrogen-bond donors (Lipinski definition) is 0. The minimum Gasteiger partial charge on any atom is -0.496 e. The first-order chi connectivity index (χ1) is 21.7. The molecule has 8 heteroatoms. The first-order valence-electron chi connectivity index (χ1n) is 14.6. The highest BCUT2D eigenvalue weighted by atomic mass is 79.9. The Bertz CT molecular complexity index is 2130. The number of fused-ring (bicyclic) bond motifs is 2. The molecule has 0 atom stereocenters. The number of nitrogens with zero attached hydrogens (tertiary/aromatic N) is 3. The molecule has 0 saturated heterocycles. The van der Waals surface area contributed by atoms with Crippen molar-refractivity contribution in [2.24, 2.45) is 5.10 Å². The Balaban J connectivity index is 1.38. The lowest BCUT2D eigenvalue weighted by Gasteiger charge is -2.17. The molecule has 0 saturated carbocycles. The largest absolute Gasteiger partial charge is 0.496 e. The fourth-order valence-electron chi connectivity index (χ4n) is 5.46. The number of ether oxygens (including phenoxy) is 2. The Morgan fingerprint density at radius 2 is 1.60 bits per heavy atom. The van der Waals surface area contributed by atoms with Crippen molar-refractivity contribution in [3.05, 3.63) is 133 Å². The summed E-state index contributed by atoms with van der Waals surface area (Å²) < 4.78 is 14.8. The first kappa shape index (κ1) is 30.7. The lowest BCUT2D eigenvalue weighted by Crippen LogP contribution is -2.20. The zero-order chi connectivity index (χ0) is 31.7. The van der Waals surface area contributed by atoms with Crippen LogP contribution in [0.15, 0.2) is 110 Å². The number of aromatic nitrogens is 2. The molecule has 0 unspecified atom stereocenters. The van der Waals surface area contributed by atoms with E-state index in [0.717, 1.165) is 47.9 Å². The van der Waals surface area contributed by atoms with Gasteiger partial charge in [0.15, 0.2) is 5.82 Å². The van der Waals surface area contributed by atoms with Crippen LogP contribution in [0.1, 0.15) is 42.0 Å². The van der Waals surface area contributed by atoms with Crippen LogP contribution in [0.2, 0.25) is 0 Å². The Labute approximate surface area is 278 Å². The van der Waals surface area contributed by atoms with E-state index in [9.17, 15) is 4.79 Å². The van der Waals surface area contributed by atoms with Gasteiger partial charge in [-0.25, -0.2) is 4.98 Å². The Morgan fingerprint density at radius 1 is 0.911 bits per heavy atom. The maximum atomic E-state index is 13.8. The molecule has 1 heterocycles. The number of hydrogen-bond acceptors (Lipinski definition) is 5. The minimum atomic E-state index is -0.249. The van der Waals surface area contributed by atoms with Crippen LogP contribution >= 0.6 is 31.9 Å². The molecule has 5 aromatic carbocycles. The van der Waals surface area contributed by atoms with Gasteiger partial charge in [-0.05, 0) is 114 Å². The number of para-hydroxylation sites is 1. The van der Waals surface area contributed by atoms with E-state index >= 15 is 0 Å². The van der Waals surface area contributed by atoms with E-state index in [4.69, 9.17) is 19.6 Å². The highest BCUT2D eigenvalue weighted by Crippen LogP contribution is 2.36. The third-order valence-corrected chi connectivity index (χ3v) is 8.97. The van der Waals surface area contributed by atoms with Crippen LogP contribution in [-0.4, -0.2) is 23.0 Å². The van der Waals surface area contributed by atoms with Crippen LogP contribution in [0.5, 0.6) is 11.5 Å². The summed E-state index contributed by atoms with van der Waals surface area (Å²) in [6.07, 6.45) is 1.66. The van der Waals surface area contributed by atoms with Gasteiger partial charge in [-0.2, -0.15) is 9.78 Å². The number of rotatable bonds is 8. The summed E-state index contributed by atoms with van der Waals surface area (Å²) in [4.78, 5) is 18.8. The summed E-state index contributed by atoms with van der Waals surface area (Å²) in [7, 11) is 1.67. The smallest absolute Gasteiger partial charge is 0.282 e. The summed E-state index contributed by atoms with van der Waals surface area (Å²) in [5.41, 5.74) is 5.02. The number of aryl methyl sites for hydroxylation is 1. The van der Waals surface area contributed by atoms with Gasteiger partial charge in [0.2, 0.25) is 0 Å². The highest BCUT2D eigenvalue weighted by molar-refractivity contribution is 9.11. The van der Waals surface area contributed by atoms with Gasteiger partial charge < -0.3 is 9.47 Å². The van der Waals surface area contributed by atoms with Gasteiger partial charge >= 0.3 is 0 Å². The zero-order valence-electron chi connectivity index (χ0n) is 25.3. The number of halogens is 2. The van der Waals surface area contributed by atoms with Crippen LogP contribution in [0, 0.1) is 6.92 Å². The topological polar surface area (TPSA) is 65.7 Å². The second-order valence-electron chi connectivity index (χ2n) is 11.1. The monoisotopic (exact) mass is 723 g/mol. The Kier molecular flexibility index (Phi) is 8.88. The molecule has 0 aliphatic heterocycles. The van der Waals surface area contributed by atoms with Crippen LogP contribution in [-0.2, 0) is 6.61 Å². The van der Waals surface area contributed by atoms with E-state index in [0.29, 0.717) is 29.1 Å². The third-order valence-electron chi connectivity index (χ3n) is 7.79. The van der Waals surface area contributed by atoms with E-state index in [1.54, 1.807) is 19.4 Å². The van der Waals surface area contributed by atoms with Crippen LogP contribution < -0.4 is 15.0 Å². The molecule has 0 N–H and O–H groups in total. The normalized spacial score (nSPS) is 11.6. The lowest BCUT2D eigenvalue weighted by atomic mass is 9.96. The van der Waals surface area contributed by atoms with Gasteiger partial charge in [0, 0.05) is 5.56 Å². The average Bonchev–Trinajstić information content (AvgIpc) is 3.03. The quantitative estimate of drug-likeness (QED) is 0.147.